The van der Waals surface area contributed by atoms with Gasteiger partial charge in [0.2, 0.25) is 0 Å². The van der Waals surface area contributed by atoms with Crippen LogP contribution in [0.5, 0.6) is 0 Å². The Labute approximate surface area is 138 Å². The molecule has 4 rings (SSSR count). The maximum absolute atomic E-state index is 10.8. The first-order chi connectivity index (χ1) is 11.1. The Kier molecular flexibility index (Phi) is 3.34. The summed E-state index contributed by atoms with van der Waals surface area (Å²) < 4.78 is 0. The molecular weight excluding hydrogens is 312 g/mol. The second-order valence-corrected chi connectivity index (χ2v) is 6.44. The first-order valence-corrected chi connectivity index (χ1v) is 7.99. The van der Waals surface area contributed by atoms with E-state index in [4.69, 9.17) is 11.6 Å². The van der Waals surface area contributed by atoms with Crippen LogP contribution in [0, 0.1) is 16.0 Å². The van der Waals surface area contributed by atoms with Gasteiger partial charge >= 0.3 is 0 Å². The molecule has 1 heterocycles. The van der Waals surface area contributed by atoms with Gasteiger partial charge in [-0.15, -0.1) is 0 Å². The van der Waals surface area contributed by atoms with Gasteiger partial charge in [-0.3, -0.25) is 10.1 Å². The first-order valence-electron chi connectivity index (χ1n) is 7.61. The van der Waals surface area contributed by atoms with Crippen LogP contribution in [-0.4, -0.2) is 4.92 Å². The number of halogens is 1. The van der Waals surface area contributed by atoms with Gasteiger partial charge in [0.15, 0.2) is 0 Å². The molecule has 2 aliphatic rings. The van der Waals surface area contributed by atoms with Crippen LogP contribution in [0.3, 0.4) is 0 Å². The Hall–Kier alpha value is -2.33. The summed E-state index contributed by atoms with van der Waals surface area (Å²) in [5.41, 5.74) is 3.38. The second-order valence-electron chi connectivity index (χ2n) is 6.03. The molecule has 116 valence electrons. The number of rotatable bonds is 2. The predicted octanol–water partition coefficient (Wildman–Crippen LogP) is 5.07. The first kappa shape index (κ1) is 14.3. The Balaban J connectivity index is 1.75. The molecule has 5 heteroatoms. The van der Waals surface area contributed by atoms with Gasteiger partial charge in [0.1, 0.15) is 0 Å². The predicted molar refractivity (Wildman–Crippen MR) is 90.9 cm³/mol. The van der Waals surface area contributed by atoms with Gasteiger partial charge in [0, 0.05) is 18.1 Å². The van der Waals surface area contributed by atoms with Crippen LogP contribution in [0.15, 0.2) is 54.6 Å². The topological polar surface area (TPSA) is 55.2 Å². The Morgan fingerprint density at radius 1 is 1.17 bits per heavy atom. The lowest BCUT2D eigenvalue weighted by atomic mass is 9.77. The van der Waals surface area contributed by atoms with Crippen molar-refractivity contribution in [2.24, 2.45) is 5.92 Å². The summed E-state index contributed by atoms with van der Waals surface area (Å²) >= 11 is 6.38. The summed E-state index contributed by atoms with van der Waals surface area (Å²) in [4.78, 5) is 10.5. The van der Waals surface area contributed by atoms with Gasteiger partial charge in [-0.25, -0.2) is 0 Å². The summed E-state index contributed by atoms with van der Waals surface area (Å²) in [6.45, 7) is 0. The molecule has 0 spiro atoms. The molecule has 0 radical (unpaired) electrons. The number of nitrogens with zero attached hydrogens (tertiary/aromatic N) is 1. The van der Waals surface area contributed by atoms with E-state index in [1.807, 2.05) is 24.3 Å². The highest BCUT2D eigenvalue weighted by Crippen LogP contribution is 2.51. The summed E-state index contributed by atoms with van der Waals surface area (Å²) in [5.74, 6) is 0.743. The lowest BCUT2D eigenvalue weighted by molar-refractivity contribution is -0.384. The van der Waals surface area contributed by atoms with Crippen molar-refractivity contribution in [1.82, 2.24) is 0 Å². The van der Waals surface area contributed by atoms with Crippen molar-refractivity contribution in [1.29, 1.82) is 0 Å². The van der Waals surface area contributed by atoms with Crippen molar-refractivity contribution >= 4 is 23.0 Å². The normalized spacial score (nSPS) is 24.7. The molecule has 1 N–H and O–H groups in total. The highest BCUT2D eigenvalue weighted by atomic mass is 35.5. The number of hydrogen-bond acceptors (Lipinski definition) is 3. The minimum Gasteiger partial charge on any atom is -0.376 e. The third kappa shape index (κ3) is 2.30. The van der Waals surface area contributed by atoms with E-state index in [9.17, 15) is 10.1 Å². The Morgan fingerprint density at radius 3 is 2.70 bits per heavy atom. The summed E-state index contributed by atoms with van der Waals surface area (Å²) in [7, 11) is 0. The van der Waals surface area contributed by atoms with Gasteiger partial charge in [-0.05, 0) is 29.5 Å². The van der Waals surface area contributed by atoms with E-state index in [0.29, 0.717) is 16.9 Å². The maximum atomic E-state index is 10.8. The third-order valence-corrected chi connectivity index (χ3v) is 5.12. The molecule has 23 heavy (non-hydrogen) atoms. The lowest BCUT2D eigenvalue weighted by Crippen LogP contribution is -2.29. The lowest BCUT2D eigenvalue weighted by Gasteiger charge is -2.37. The van der Waals surface area contributed by atoms with E-state index in [2.05, 4.69) is 23.5 Å². The fourth-order valence-electron chi connectivity index (χ4n) is 3.72. The van der Waals surface area contributed by atoms with E-state index in [-0.39, 0.29) is 16.7 Å². The second kappa shape index (κ2) is 5.39. The van der Waals surface area contributed by atoms with Crippen LogP contribution in [0.2, 0.25) is 5.02 Å². The summed E-state index contributed by atoms with van der Waals surface area (Å²) in [6.07, 6.45) is 5.45. The molecule has 2 aromatic rings. The minimum absolute atomic E-state index is 0.100. The standard InChI is InChI=1S/C18H15ClN2O2/c19-16-6-2-5-15-13-3-1-4-14(13)17(20-18(15)16)11-7-9-12(10-8-11)21(22)23/h1-3,5-10,13-14,17,20H,4H2/t13-,14-,17+/m0/s1. The number of nitro benzene ring substituents is 1. The van der Waals surface area contributed by atoms with Crippen molar-refractivity contribution in [3.05, 3.63) is 80.9 Å². The zero-order chi connectivity index (χ0) is 16.0. The van der Waals surface area contributed by atoms with Crippen LogP contribution < -0.4 is 5.32 Å². The number of benzene rings is 2. The fourth-order valence-corrected chi connectivity index (χ4v) is 3.95. The molecular formula is C18H15ClN2O2. The van der Waals surface area contributed by atoms with Crippen LogP contribution >= 0.6 is 11.6 Å². The number of nitrogens with one attached hydrogen (secondary N) is 1. The molecule has 3 atom stereocenters. The Morgan fingerprint density at radius 2 is 1.96 bits per heavy atom. The monoisotopic (exact) mass is 326 g/mol. The average molecular weight is 327 g/mol. The van der Waals surface area contributed by atoms with E-state index in [0.717, 1.165) is 17.7 Å². The third-order valence-electron chi connectivity index (χ3n) is 4.81. The number of anilines is 1. The van der Waals surface area contributed by atoms with E-state index >= 15 is 0 Å². The minimum atomic E-state index is -0.371. The van der Waals surface area contributed by atoms with Crippen molar-refractivity contribution in [2.45, 2.75) is 18.4 Å². The highest BCUT2D eigenvalue weighted by molar-refractivity contribution is 6.33. The molecule has 0 amide bonds. The van der Waals surface area contributed by atoms with Crippen LogP contribution in [0.25, 0.3) is 0 Å². The quantitative estimate of drug-likeness (QED) is 0.476. The molecule has 0 unspecified atom stereocenters. The number of hydrogen-bond donors (Lipinski definition) is 1. The van der Waals surface area contributed by atoms with Crippen LogP contribution in [-0.2, 0) is 0 Å². The van der Waals surface area contributed by atoms with E-state index in [1.54, 1.807) is 12.1 Å². The average Bonchev–Trinajstić information content (AvgIpc) is 3.04. The molecule has 0 aromatic heterocycles. The fraction of sp³-hybridized carbons (Fsp3) is 0.222. The van der Waals surface area contributed by atoms with Crippen molar-refractivity contribution in [2.75, 3.05) is 5.32 Å². The summed E-state index contributed by atoms with van der Waals surface area (Å²) in [5, 5.41) is 15.1. The molecule has 0 bridgehead atoms. The van der Waals surface area contributed by atoms with Crippen molar-refractivity contribution in [3.8, 4) is 0 Å². The molecule has 4 nitrogen and oxygen atoms in total. The number of allylic oxidation sites excluding steroid dienone is 2. The van der Waals surface area contributed by atoms with Crippen molar-refractivity contribution < 1.29 is 4.92 Å². The smallest absolute Gasteiger partial charge is 0.269 e. The van der Waals surface area contributed by atoms with Gasteiger partial charge in [0.05, 0.1) is 21.7 Å². The zero-order valence-corrected chi connectivity index (χ0v) is 13.0. The van der Waals surface area contributed by atoms with Crippen LogP contribution in [0.1, 0.15) is 29.5 Å². The largest absolute Gasteiger partial charge is 0.376 e. The molecule has 0 saturated carbocycles. The molecule has 1 aliphatic heterocycles. The maximum Gasteiger partial charge on any atom is 0.269 e. The van der Waals surface area contributed by atoms with Crippen molar-refractivity contribution in [3.63, 3.8) is 0 Å². The number of para-hydroxylation sites is 1. The van der Waals surface area contributed by atoms with Gasteiger partial charge in [-0.2, -0.15) is 0 Å². The van der Waals surface area contributed by atoms with E-state index in [1.165, 1.54) is 5.56 Å². The highest BCUT2D eigenvalue weighted by Gasteiger charge is 2.38. The summed E-state index contributed by atoms with van der Waals surface area (Å²) in [6, 6.07) is 12.9. The molecule has 2 aromatic carbocycles. The number of nitro groups is 1. The van der Waals surface area contributed by atoms with Crippen LogP contribution in [0.4, 0.5) is 11.4 Å². The van der Waals surface area contributed by atoms with E-state index < -0.39 is 0 Å². The Bertz CT molecular complexity index is 801. The van der Waals surface area contributed by atoms with Gasteiger partial charge in [-0.1, -0.05) is 48.0 Å². The SMILES string of the molecule is O=[N+]([O-])c1ccc([C@H]2Nc3c(Cl)cccc3[C@H]3C=CC[C@@H]32)cc1. The molecule has 0 fully saturated rings. The van der Waals surface area contributed by atoms with Gasteiger partial charge < -0.3 is 5.32 Å². The molecule has 1 aliphatic carbocycles. The number of non-ortho nitro benzene ring substituents is 1. The van der Waals surface area contributed by atoms with Gasteiger partial charge in [0.25, 0.3) is 5.69 Å². The molecule has 0 saturated heterocycles. The number of fused-ring (bicyclic) bond motifs is 3. The zero-order valence-electron chi connectivity index (χ0n) is 12.3.